The Labute approximate surface area is 71.4 Å². The maximum Gasteiger partial charge on any atom is 0.120 e. The second-order valence-corrected chi connectivity index (χ2v) is 3.07. The van der Waals surface area contributed by atoms with E-state index in [4.69, 9.17) is 5.84 Å². The number of anilines is 1. The number of hydrogen-bond acceptors (Lipinski definition) is 3. The first-order valence-electron chi connectivity index (χ1n) is 4.12. The van der Waals surface area contributed by atoms with E-state index in [1.165, 1.54) is 0 Å². The highest BCUT2D eigenvalue weighted by Crippen LogP contribution is 2.31. The molecular weight excluding hydrogens is 152 g/mol. The lowest BCUT2D eigenvalue weighted by molar-refractivity contribution is 0.464. The first-order chi connectivity index (χ1) is 5.79. The van der Waals surface area contributed by atoms with Gasteiger partial charge in [-0.25, -0.2) is 5.84 Å². The zero-order valence-corrected chi connectivity index (χ0v) is 6.83. The Bertz CT molecular complexity index is 299. The summed E-state index contributed by atoms with van der Waals surface area (Å²) in [5.41, 5.74) is 1.94. The summed E-state index contributed by atoms with van der Waals surface area (Å²) in [4.78, 5) is 0. The molecule has 0 fully saturated rings. The Hall–Kier alpha value is -1.22. The third-order valence-corrected chi connectivity index (χ3v) is 2.26. The zero-order chi connectivity index (χ0) is 8.55. The molecule has 12 heavy (non-hydrogen) atoms. The van der Waals surface area contributed by atoms with E-state index in [0.29, 0.717) is 5.75 Å². The Morgan fingerprint density at radius 2 is 2.25 bits per heavy atom. The lowest BCUT2D eigenvalue weighted by atomic mass is 10.0. The second-order valence-electron chi connectivity index (χ2n) is 3.07. The molecule has 1 aromatic carbocycles. The van der Waals surface area contributed by atoms with Gasteiger partial charge in [-0.3, -0.25) is 0 Å². The molecule has 2 rings (SSSR count). The van der Waals surface area contributed by atoms with Crippen molar-refractivity contribution in [1.29, 1.82) is 0 Å². The minimum atomic E-state index is 0.364. The number of fused-ring (bicyclic) bond motifs is 1. The summed E-state index contributed by atoms with van der Waals surface area (Å²) < 4.78 is 0. The number of phenolic OH excluding ortho intramolecular Hbond substituents is 1. The smallest absolute Gasteiger partial charge is 0.120 e. The molecule has 0 saturated heterocycles. The van der Waals surface area contributed by atoms with E-state index in [9.17, 15) is 5.11 Å². The number of aromatic hydroxyl groups is 1. The topological polar surface area (TPSA) is 49.5 Å². The minimum Gasteiger partial charge on any atom is -0.508 e. The Morgan fingerprint density at radius 3 is 3.00 bits per heavy atom. The summed E-state index contributed by atoms with van der Waals surface area (Å²) in [6.45, 7) is 0.871. The number of hydrazine groups is 1. The zero-order valence-electron chi connectivity index (χ0n) is 6.83. The fraction of sp³-hybridized carbons (Fsp3) is 0.333. The van der Waals surface area contributed by atoms with Crippen LogP contribution in [0.15, 0.2) is 18.2 Å². The molecule has 1 aliphatic rings. The van der Waals surface area contributed by atoms with Crippen molar-refractivity contribution in [3.63, 3.8) is 0 Å². The standard InChI is InChI=1S/C9H12N2O/c10-11-6-2-3-7-8(11)4-1-5-9(7)12/h1,4-5,12H,2-3,6,10H2. The van der Waals surface area contributed by atoms with Gasteiger partial charge >= 0.3 is 0 Å². The van der Waals surface area contributed by atoms with Crippen LogP contribution in [0.5, 0.6) is 5.75 Å². The molecule has 0 spiro atoms. The molecule has 1 aliphatic heterocycles. The molecule has 3 heteroatoms. The van der Waals surface area contributed by atoms with Gasteiger partial charge in [-0.1, -0.05) is 6.07 Å². The lowest BCUT2D eigenvalue weighted by Crippen LogP contribution is -2.35. The van der Waals surface area contributed by atoms with E-state index < -0.39 is 0 Å². The fourth-order valence-corrected chi connectivity index (χ4v) is 1.63. The fourth-order valence-electron chi connectivity index (χ4n) is 1.63. The van der Waals surface area contributed by atoms with E-state index in [1.807, 2.05) is 12.1 Å². The molecule has 0 aromatic heterocycles. The summed E-state index contributed by atoms with van der Waals surface area (Å²) in [6, 6.07) is 5.46. The summed E-state index contributed by atoms with van der Waals surface area (Å²) in [6.07, 6.45) is 1.94. The minimum absolute atomic E-state index is 0.364. The van der Waals surface area contributed by atoms with Gasteiger partial charge in [0.25, 0.3) is 0 Å². The van der Waals surface area contributed by atoms with E-state index >= 15 is 0 Å². The van der Waals surface area contributed by atoms with E-state index in [-0.39, 0.29) is 0 Å². The third kappa shape index (κ3) is 1.02. The number of nitrogens with zero attached hydrogens (tertiary/aromatic N) is 1. The predicted octanol–water partition coefficient (Wildman–Crippen LogP) is 1.02. The van der Waals surface area contributed by atoms with Crippen LogP contribution in [0.25, 0.3) is 0 Å². The lowest BCUT2D eigenvalue weighted by Gasteiger charge is -2.26. The van der Waals surface area contributed by atoms with Crippen molar-refractivity contribution in [3.05, 3.63) is 23.8 Å². The van der Waals surface area contributed by atoms with Gasteiger partial charge in [0, 0.05) is 12.1 Å². The van der Waals surface area contributed by atoms with Crippen molar-refractivity contribution >= 4 is 5.69 Å². The summed E-state index contributed by atoms with van der Waals surface area (Å²) in [7, 11) is 0. The Morgan fingerprint density at radius 1 is 1.42 bits per heavy atom. The van der Waals surface area contributed by atoms with Crippen LogP contribution in [0.2, 0.25) is 0 Å². The molecule has 1 aromatic rings. The van der Waals surface area contributed by atoms with Crippen molar-refractivity contribution in [2.45, 2.75) is 12.8 Å². The molecule has 3 nitrogen and oxygen atoms in total. The molecule has 0 saturated carbocycles. The highest BCUT2D eigenvalue weighted by atomic mass is 16.3. The van der Waals surface area contributed by atoms with Crippen LogP contribution < -0.4 is 10.9 Å². The predicted molar refractivity (Wildman–Crippen MR) is 48.0 cm³/mol. The SMILES string of the molecule is NN1CCCc2c(O)cccc21. The summed E-state index contributed by atoms with van der Waals surface area (Å²) >= 11 is 0. The molecule has 0 aliphatic carbocycles. The third-order valence-electron chi connectivity index (χ3n) is 2.26. The average molecular weight is 164 g/mol. The maximum absolute atomic E-state index is 9.49. The summed E-state index contributed by atoms with van der Waals surface area (Å²) in [5.74, 6) is 6.10. The average Bonchev–Trinajstić information content (AvgIpc) is 2.07. The molecule has 0 radical (unpaired) electrons. The molecule has 1 heterocycles. The molecule has 0 amide bonds. The Kier molecular flexibility index (Phi) is 1.66. The van der Waals surface area contributed by atoms with Gasteiger partial charge in [-0.2, -0.15) is 0 Å². The number of rotatable bonds is 0. The van der Waals surface area contributed by atoms with Crippen LogP contribution in [0, 0.1) is 0 Å². The largest absolute Gasteiger partial charge is 0.508 e. The quantitative estimate of drug-likeness (QED) is 0.563. The highest BCUT2D eigenvalue weighted by molar-refractivity contribution is 5.59. The summed E-state index contributed by atoms with van der Waals surface area (Å²) in [5, 5.41) is 11.2. The van der Waals surface area contributed by atoms with Crippen LogP contribution in [0.4, 0.5) is 5.69 Å². The van der Waals surface area contributed by atoms with Crippen molar-refractivity contribution in [1.82, 2.24) is 0 Å². The van der Waals surface area contributed by atoms with Gasteiger partial charge in [0.05, 0.1) is 5.69 Å². The first kappa shape index (κ1) is 7.43. The van der Waals surface area contributed by atoms with Crippen LogP contribution in [-0.4, -0.2) is 11.7 Å². The monoisotopic (exact) mass is 164 g/mol. The van der Waals surface area contributed by atoms with Crippen LogP contribution in [0.3, 0.4) is 0 Å². The normalized spacial score (nSPS) is 15.9. The van der Waals surface area contributed by atoms with Gasteiger partial charge in [-0.15, -0.1) is 0 Å². The van der Waals surface area contributed by atoms with Crippen LogP contribution >= 0.6 is 0 Å². The maximum atomic E-state index is 9.49. The van der Waals surface area contributed by atoms with Gasteiger partial charge in [0.2, 0.25) is 0 Å². The number of benzene rings is 1. The van der Waals surface area contributed by atoms with Crippen molar-refractivity contribution in [3.8, 4) is 5.75 Å². The first-order valence-corrected chi connectivity index (χ1v) is 4.12. The highest BCUT2D eigenvalue weighted by Gasteiger charge is 2.16. The van der Waals surface area contributed by atoms with E-state index in [0.717, 1.165) is 30.6 Å². The second kappa shape index (κ2) is 2.68. The van der Waals surface area contributed by atoms with Crippen molar-refractivity contribution < 1.29 is 5.11 Å². The van der Waals surface area contributed by atoms with Gasteiger partial charge in [0.1, 0.15) is 5.75 Å². The van der Waals surface area contributed by atoms with Crippen molar-refractivity contribution in [2.75, 3.05) is 11.6 Å². The molecule has 0 atom stereocenters. The molecule has 0 unspecified atom stereocenters. The van der Waals surface area contributed by atoms with Gasteiger partial charge < -0.3 is 10.1 Å². The van der Waals surface area contributed by atoms with Crippen LogP contribution in [-0.2, 0) is 6.42 Å². The number of nitrogens with two attached hydrogens (primary N) is 1. The molecule has 0 bridgehead atoms. The molecule has 64 valence electrons. The number of hydrogen-bond donors (Lipinski definition) is 2. The van der Waals surface area contributed by atoms with Crippen molar-refractivity contribution in [2.24, 2.45) is 5.84 Å². The van der Waals surface area contributed by atoms with E-state index in [1.54, 1.807) is 11.1 Å². The van der Waals surface area contributed by atoms with E-state index in [2.05, 4.69) is 0 Å². The Balaban J connectivity index is 2.52. The van der Waals surface area contributed by atoms with Crippen LogP contribution in [0.1, 0.15) is 12.0 Å². The molecular formula is C9H12N2O. The molecule has 3 N–H and O–H groups in total. The van der Waals surface area contributed by atoms with Gasteiger partial charge in [0.15, 0.2) is 0 Å². The van der Waals surface area contributed by atoms with Gasteiger partial charge in [-0.05, 0) is 25.0 Å². The number of phenols is 1.